The summed E-state index contributed by atoms with van der Waals surface area (Å²) < 4.78 is 17.0. The summed E-state index contributed by atoms with van der Waals surface area (Å²) in [4.78, 5) is 25.6. The average Bonchev–Trinajstić information content (AvgIpc) is 3.41. The molecule has 9 nitrogen and oxygen atoms in total. The molecule has 1 saturated heterocycles. The van der Waals surface area contributed by atoms with Crippen molar-refractivity contribution >= 4 is 11.7 Å². The minimum Gasteiger partial charge on any atom is -0.455 e. The van der Waals surface area contributed by atoms with E-state index in [4.69, 9.17) is 14.2 Å². The topological polar surface area (TPSA) is 111 Å². The maximum atomic E-state index is 12.9. The monoisotopic (exact) mass is 436 g/mol. The first-order chi connectivity index (χ1) is 15.5. The van der Waals surface area contributed by atoms with Gasteiger partial charge in [-0.1, -0.05) is 11.6 Å². The van der Waals surface area contributed by atoms with Gasteiger partial charge in [-0.15, -0.1) is 0 Å². The van der Waals surface area contributed by atoms with Crippen molar-refractivity contribution in [3.8, 4) is 11.5 Å². The summed E-state index contributed by atoms with van der Waals surface area (Å²) >= 11 is 0. The van der Waals surface area contributed by atoms with Crippen LogP contribution in [0.2, 0.25) is 0 Å². The fraction of sp³-hybridized carbons (Fsp3) is 0.348. The summed E-state index contributed by atoms with van der Waals surface area (Å²) in [6, 6.07) is 9.23. The normalized spacial score (nSPS) is 27.3. The number of aliphatic hydroxyl groups is 1. The van der Waals surface area contributed by atoms with Crippen LogP contribution in [0, 0.1) is 10.1 Å². The largest absolute Gasteiger partial charge is 0.455 e. The molecule has 4 aliphatic rings. The van der Waals surface area contributed by atoms with Crippen LogP contribution in [0.1, 0.15) is 33.8 Å². The third-order valence-corrected chi connectivity index (χ3v) is 6.80. The van der Waals surface area contributed by atoms with Gasteiger partial charge < -0.3 is 19.3 Å². The molecule has 164 valence electrons. The van der Waals surface area contributed by atoms with Crippen LogP contribution in [0.3, 0.4) is 0 Å². The van der Waals surface area contributed by atoms with Gasteiger partial charge in [0.05, 0.1) is 10.5 Å². The van der Waals surface area contributed by atoms with Crippen molar-refractivity contribution in [2.45, 2.75) is 37.1 Å². The van der Waals surface area contributed by atoms with Gasteiger partial charge in [0.15, 0.2) is 11.5 Å². The van der Waals surface area contributed by atoms with E-state index < -0.39 is 23.1 Å². The van der Waals surface area contributed by atoms with Gasteiger partial charge in [0.2, 0.25) is 6.79 Å². The number of rotatable bonds is 3. The second kappa shape index (κ2) is 7.04. The SMILES string of the molecule is O=C(O[C@H]1C2c3cc4c(cc3CN3CCC(=C[C@@H]1O)C23)OCO4)c1ccc([N+](=O)[O-])cc1. The van der Waals surface area contributed by atoms with Crippen LogP contribution in [0.5, 0.6) is 11.5 Å². The number of fused-ring (bicyclic) bond motifs is 3. The van der Waals surface area contributed by atoms with Gasteiger partial charge in [0.1, 0.15) is 12.2 Å². The van der Waals surface area contributed by atoms with Crippen molar-refractivity contribution in [3.63, 3.8) is 0 Å². The summed E-state index contributed by atoms with van der Waals surface area (Å²) in [5.74, 6) is 0.472. The molecule has 4 atom stereocenters. The van der Waals surface area contributed by atoms with E-state index in [1.807, 2.05) is 18.2 Å². The van der Waals surface area contributed by atoms with Gasteiger partial charge >= 0.3 is 5.97 Å². The number of aliphatic hydroxyl groups excluding tert-OH is 1. The van der Waals surface area contributed by atoms with Crippen molar-refractivity contribution in [2.75, 3.05) is 13.3 Å². The zero-order valence-corrected chi connectivity index (χ0v) is 17.0. The number of hydrogen-bond donors (Lipinski definition) is 1. The Morgan fingerprint density at radius 2 is 1.94 bits per heavy atom. The second-order valence-corrected chi connectivity index (χ2v) is 8.50. The number of non-ortho nitro benzene ring substituents is 1. The third kappa shape index (κ3) is 2.89. The molecule has 3 heterocycles. The van der Waals surface area contributed by atoms with E-state index >= 15 is 0 Å². The number of carbonyl (C=O) groups excluding carboxylic acids is 1. The molecule has 1 fully saturated rings. The molecular weight excluding hydrogens is 416 g/mol. The van der Waals surface area contributed by atoms with Crippen LogP contribution in [-0.4, -0.2) is 52.5 Å². The Balaban J connectivity index is 1.37. The summed E-state index contributed by atoms with van der Waals surface area (Å²) in [7, 11) is 0. The fourth-order valence-electron chi connectivity index (χ4n) is 5.38. The predicted molar refractivity (Wildman–Crippen MR) is 111 cm³/mol. The Labute approximate surface area is 182 Å². The summed E-state index contributed by atoms with van der Waals surface area (Å²) in [5, 5.41) is 21.8. The first-order valence-corrected chi connectivity index (χ1v) is 10.5. The van der Waals surface area contributed by atoms with Gasteiger partial charge in [-0.25, -0.2) is 4.79 Å². The van der Waals surface area contributed by atoms with Crippen LogP contribution in [0.4, 0.5) is 5.69 Å². The lowest BCUT2D eigenvalue weighted by atomic mass is 9.73. The molecule has 2 aromatic carbocycles. The van der Waals surface area contributed by atoms with Crippen LogP contribution < -0.4 is 9.47 Å². The molecule has 0 saturated carbocycles. The third-order valence-electron chi connectivity index (χ3n) is 6.80. The van der Waals surface area contributed by atoms with E-state index in [0.717, 1.165) is 36.2 Å². The molecule has 0 bridgehead atoms. The molecule has 0 amide bonds. The summed E-state index contributed by atoms with van der Waals surface area (Å²) in [6.07, 6.45) is 0.922. The molecule has 32 heavy (non-hydrogen) atoms. The van der Waals surface area contributed by atoms with E-state index in [1.165, 1.54) is 24.3 Å². The lowest BCUT2D eigenvalue weighted by Gasteiger charge is -2.45. The molecule has 0 spiro atoms. The highest BCUT2D eigenvalue weighted by atomic mass is 16.7. The number of hydrogen-bond acceptors (Lipinski definition) is 8. The maximum Gasteiger partial charge on any atom is 0.338 e. The molecular formula is C23H20N2O7. The average molecular weight is 436 g/mol. The van der Waals surface area contributed by atoms with E-state index in [2.05, 4.69) is 4.90 Å². The van der Waals surface area contributed by atoms with Gasteiger partial charge in [-0.3, -0.25) is 15.0 Å². The maximum absolute atomic E-state index is 12.9. The van der Waals surface area contributed by atoms with Crippen LogP contribution >= 0.6 is 0 Å². The zero-order chi connectivity index (χ0) is 22.0. The number of nitro benzene ring substituents is 1. The Bertz CT molecular complexity index is 1160. The van der Waals surface area contributed by atoms with Gasteiger partial charge in [0, 0.05) is 37.2 Å². The molecule has 1 N–H and O–H groups in total. The summed E-state index contributed by atoms with van der Waals surface area (Å²) in [5.41, 5.74) is 3.31. The Kier molecular flexibility index (Phi) is 4.24. The zero-order valence-electron chi connectivity index (χ0n) is 17.0. The fourth-order valence-corrected chi connectivity index (χ4v) is 5.38. The number of carbonyl (C=O) groups is 1. The molecule has 2 aromatic rings. The number of benzene rings is 2. The first-order valence-electron chi connectivity index (χ1n) is 10.5. The van der Waals surface area contributed by atoms with Crippen molar-refractivity contribution in [2.24, 2.45) is 0 Å². The van der Waals surface area contributed by atoms with Crippen LogP contribution in [0.25, 0.3) is 0 Å². The Morgan fingerprint density at radius 3 is 2.69 bits per heavy atom. The summed E-state index contributed by atoms with van der Waals surface area (Å²) in [6.45, 7) is 1.79. The molecule has 1 aliphatic carbocycles. The van der Waals surface area contributed by atoms with E-state index in [0.29, 0.717) is 11.5 Å². The van der Waals surface area contributed by atoms with Gasteiger partial charge in [-0.2, -0.15) is 0 Å². The van der Waals surface area contributed by atoms with Crippen LogP contribution in [-0.2, 0) is 11.3 Å². The highest BCUT2D eigenvalue weighted by molar-refractivity contribution is 5.90. The standard InChI is InChI=1S/C23H20N2O7/c26-17-7-13-5-6-24-10-14-8-18-19(31-11-30-18)9-16(14)20(21(13)24)22(17)32-23(27)12-1-3-15(4-2-12)25(28)29/h1-4,7-9,17,20-22,26H,5-6,10-11H2/t17-,20?,21?,22+/m0/s1. The van der Waals surface area contributed by atoms with Crippen molar-refractivity contribution < 1.29 is 29.0 Å². The Morgan fingerprint density at radius 1 is 1.19 bits per heavy atom. The van der Waals surface area contributed by atoms with E-state index in [-0.39, 0.29) is 30.0 Å². The predicted octanol–water partition coefficient (Wildman–Crippen LogP) is 2.52. The molecule has 6 rings (SSSR count). The molecule has 9 heteroatoms. The van der Waals surface area contributed by atoms with E-state index in [9.17, 15) is 20.0 Å². The minimum absolute atomic E-state index is 0.0425. The lowest BCUT2D eigenvalue weighted by molar-refractivity contribution is -0.384. The van der Waals surface area contributed by atoms with Crippen molar-refractivity contribution in [1.82, 2.24) is 4.90 Å². The van der Waals surface area contributed by atoms with Crippen molar-refractivity contribution in [1.29, 1.82) is 0 Å². The first kappa shape index (κ1) is 19.3. The second-order valence-electron chi connectivity index (χ2n) is 8.50. The highest BCUT2D eigenvalue weighted by Crippen LogP contribution is 2.50. The van der Waals surface area contributed by atoms with Gasteiger partial charge in [0.25, 0.3) is 5.69 Å². The van der Waals surface area contributed by atoms with Gasteiger partial charge in [-0.05, 0) is 41.8 Å². The quantitative estimate of drug-likeness (QED) is 0.338. The molecule has 0 radical (unpaired) electrons. The lowest BCUT2D eigenvalue weighted by Crippen LogP contribution is -2.51. The molecule has 3 aliphatic heterocycles. The highest BCUT2D eigenvalue weighted by Gasteiger charge is 2.51. The number of ether oxygens (including phenoxy) is 3. The smallest absolute Gasteiger partial charge is 0.338 e. The van der Waals surface area contributed by atoms with Crippen LogP contribution in [0.15, 0.2) is 48.0 Å². The minimum atomic E-state index is -0.954. The van der Waals surface area contributed by atoms with E-state index in [1.54, 1.807) is 0 Å². The molecule has 0 aromatic heterocycles. The molecule has 2 unspecified atom stereocenters. The van der Waals surface area contributed by atoms with Crippen molar-refractivity contribution in [3.05, 3.63) is 74.9 Å². The number of nitrogens with zero attached hydrogens (tertiary/aromatic N) is 2. The Hall–Kier alpha value is -3.43. The number of esters is 1. The number of nitro groups is 1.